The second kappa shape index (κ2) is 12.4. The Bertz CT molecular complexity index is 1600. The van der Waals surface area contributed by atoms with Crippen molar-refractivity contribution in [3.63, 3.8) is 0 Å². The number of phenolic OH excluding ortho intramolecular Hbond substituents is 2. The molecule has 2 aromatic carbocycles. The largest absolute Gasteiger partial charge is 0.507 e. The molecular formula is C33H38N2O11. The van der Waals surface area contributed by atoms with Gasteiger partial charge in [-0.05, 0) is 32.3 Å². The average Bonchev–Trinajstić information content (AvgIpc) is 3.05. The number of aromatic hydroxyl groups is 2. The SMILES string of the molecule is COc1cccc2c1C(=O)c1c(O)c3c(c(O)c1C2=O)CC(O)(C(=O)CO)C[C@@H]3OC1CC(N=CN2CCCCC2)C(O)C(C)O1. The van der Waals surface area contributed by atoms with E-state index in [1.807, 2.05) is 0 Å². The van der Waals surface area contributed by atoms with Crippen LogP contribution >= 0.6 is 0 Å². The number of aliphatic hydroxyl groups is 3. The van der Waals surface area contributed by atoms with E-state index in [0.717, 1.165) is 32.4 Å². The van der Waals surface area contributed by atoms with E-state index < -0.39 is 95.7 Å². The van der Waals surface area contributed by atoms with Crippen LogP contribution in [-0.2, 0) is 20.7 Å². The highest BCUT2D eigenvalue weighted by atomic mass is 16.7. The molecule has 2 aromatic rings. The van der Waals surface area contributed by atoms with Crippen LogP contribution in [0.4, 0.5) is 0 Å². The van der Waals surface area contributed by atoms with Crippen molar-refractivity contribution in [1.29, 1.82) is 0 Å². The molecule has 2 saturated heterocycles. The molecule has 0 radical (unpaired) electrons. The summed E-state index contributed by atoms with van der Waals surface area (Å²) in [4.78, 5) is 47.0. The maximum absolute atomic E-state index is 13.8. The third kappa shape index (κ3) is 5.35. The minimum Gasteiger partial charge on any atom is -0.507 e. The lowest BCUT2D eigenvalue weighted by Gasteiger charge is -2.42. The predicted octanol–water partition coefficient (Wildman–Crippen LogP) is 1.56. The number of phenols is 2. The molecule has 2 aliphatic heterocycles. The number of hydrogen-bond acceptors (Lipinski definition) is 12. The van der Waals surface area contributed by atoms with Crippen LogP contribution in [0.2, 0.25) is 0 Å². The molecule has 6 rings (SSSR count). The van der Waals surface area contributed by atoms with Gasteiger partial charge in [0.1, 0.15) is 35.6 Å². The molecule has 0 bridgehead atoms. The van der Waals surface area contributed by atoms with Gasteiger partial charge in [0.2, 0.25) is 5.78 Å². The summed E-state index contributed by atoms with van der Waals surface area (Å²) in [5.74, 6) is -3.71. The van der Waals surface area contributed by atoms with Crippen molar-refractivity contribution in [2.75, 3.05) is 26.8 Å². The molecule has 2 heterocycles. The van der Waals surface area contributed by atoms with Gasteiger partial charge in [-0.15, -0.1) is 0 Å². The zero-order chi connectivity index (χ0) is 32.9. The van der Waals surface area contributed by atoms with Gasteiger partial charge in [-0.3, -0.25) is 19.4 Å². The van der Waals surface area contributed by atoms with Crippen molar-refractivity contribution < 1.29 is 54.1 Å². The number of piperidine rings is 1. The number of methoxy groups -OCH3 is 1. The highest BCUT2D eigenvalue weighted by Gasteiger charge is 2.50. The van der Waals surface area contributed by atoms with E-state index in [9.17, 15) is 39.9 Å². The number of aliphatic imine (C=N–C) groups is 1. The van der Waals surface area contributed by atoms with Gasteiger partial charge in [0.15, 0.2) is 17.9 Å². The van der Waals surface area contributed by atoms with Gasteiger partial charge in [-0.1, -0.05) is 12.1 Å². The van der Waals surface area contributed by atoms with Crippen LogP contribution < -0.4 is 4.74 Å². The Morgan fingerprint density at radius 1 is 1.11 bits per heavy atom. The minimum atomic E-state index is -2.25. The van der Waals surface area contributed by atoms with E-state index in [1.54, 1.807) is 13.3 Å². The lowest BCUT2D eigenvalue weighted by Crippen LogP contribution is -2.50. The maximum Gasteiger partial charge on any atom is 0.202 e. The number of carbonyl (C=O) groups is 3. The van der Waals surface area contributed by atoms with Crippen LogP contribution in [0.3, 0.4) is 0 Å². The number of nitrogens with zero attached hydrogens (tertiary/aromatic N) is 2. The fourth-order valence-corrected chi connectivity index (χ4v) is 7.05. The van der Waals surface area contributed by atoms with Crippen molar-refractivity contribution in [1.82, 2.24) is 4.90 Å². The van der Waals surface area contributed by atoms with E-state index in [-0.39, 0.29) is 34.4 Å². The second-order valence-electron chi connectivity index (χ2n) is 12.4. The number of carbonyl (C=O) groups excluding carboxylic acids is 3. The van der Waals surface area contributed by atoms with Gasteiger partial charge in [-0.25, -0.2) is 0 Å². The highest BCUT2D eigenvalue weighted by Crippen LogP contribution is 2.52. The van der Waals surface area contributed by atoms with E-state index in [2.05, 4.69) is 9.89 Å². The summed E-state index contributed by atoms with van der Waals surface area (Å²) in [6, 6.07) is 3.79. The Hall–Kier alpha value is -3.88. The quantitative estimate of drug-likeness (QED) is 0.143. The fraction of sp³-hybridized carbons (Fsp3) is 0.515. The molecule has 5 unspecified atom stereocenters. The number of ketones is 3. The number of likely N-dealkylation sites (tertiary alicyclic amines) is 1. The highest BCUT2D eigenvalue weighted by molar-refractivity contribution is 6.31. The lowest BCUT2D eigenvalue weighted by molar-refractivity contribution is -0.247. The first kappa shape index (κ1) is 32.1. The summed E-state index contributed by atoms with van der Waals surface area (Å²) in [7, 11) is 1.34. The summed E-state index contributed by atoms with van der Waals surface area (Å²) in [6.45, 7) is 2.36. The average molecular weight is 639 g/mol. The molecular weight excluding hydrogens is 600 g/mol. The zero-order valence-corrected chi connectivity index (χ0v) is 25.6. The molecule has 0 aromatic heterocycles. The Kier molecular flexibility index (Phi) is 8.63. The van der Waals surface area contributed by atoms with Crippen LogP contribution in [0, 0.1) is 0 Å². The third-order valence-electron chi connectivity index (χ3n) is 9.54. The number of ether oxygens (including phenoxy) is 3. The van der Waals surface area contributed by atoms with Crippen molar-refractivity contribution in [2.24, 2.45) is 4.99 Å². The summed E-state index contributed by atoms with van der Waals surface area (Å²) in [5, 5.41) is 55.2. The Morgan fingerprint density at radius 3 is 2.52 bits per heavy atom. The lowest BCUT2D eigenvalue weighted by atomic mass is 9.72. The standard InChI is InChI=1S/C33H38N2O11/c1-16-28(38)19(34-15-35-9-4-3-5-10-35)11-23(45-16)46-21-13-33(43,22(37)14-36)12-18-25(21)32(42)27-26(30(18)40)29(39)17-7-6-8-20(44-2)24(17)31(27)41/h6-8,15-16,19,21,23,28,36,38,40,42-43H,3-5,9-14H2,1-2H3/t16?,19?,21-,23?,28?,33?/m0/s1. The first-order valence-corrected chi connectivity index (χ1v) is 15.5. The number of aliphatic hydroxyl groups excluding tert-OH is 2. The molecule has 0 spiro atoms. The van der Waals surface area contributed by atoms with Crippen LogP contribution in [0.5, 0.6) is 17.2 Å². The molecule has 0 amide bonds. The number of Topliss-reactive ketones (excluding diaryl/α,β-unsaturated/α-hetero) is 1. The zero-order valence-electron chi connectivity index (χ0n) is 25.6. The topological polar surface area (TPSA) is 196 Å². The summed E-state index contributed by atoms with van der Waals surface area (Å²) >= 11 is 0. The number of rotatable bonds is 7. The molecule has 0 saturated carbocycles. The van der Waals surface area contributed by atoms with E-state index >= 15 is 0 Å². The summed E-state index contributed by atoms with van der Waals surface area (Å²) in [5.41, 5.74) is -3.57. The second-order valence-corrected chi connectivity index (χ2v) is 12.4. The van der Waals surface area contributed by atoms with Gasteiger partial charge in [0.05, 0.1) is 48.4 Å². The van der Waals surface area contributed by atoms with Crippen molar-refractivity contribution >= 4 is 23.7 Å². The van der Waals surface area contributed by atoms with Gasteiger partial charge < -0.3 is 44.6 Å². The smallest absolute Gasteiger partial charge is 0.202 e. The van der Waals surface area contributed by atoms with Gasteiger partial charge in [0, 0.05) is 49.0 Å². The molecule has 46 heavy (non-hydrogen) atoms. The maximum atomic E-state index is 13.8. The van der Waals surface area contributed by atoms with Crippen molar-refractivity contribution in [3.05, 3.63) is 51.6 Å². The third-order valence-corrected chi connectivity index (χ3v) is 9.54. The molecule has 6 atom stereocenters. The van der Waals surface area contributed by atoms with Gasteiger partial charge in [0.25, 0.3) is 0 Å². The normalized spacial score (nSPS) is 29.3. The molecule has 2 aliphatic carbocycles. The van der Waals surface area contributed by atoms with Gasteiger partial charge in [-0.2, -0.15) is 0 Å². The van der Waals surface area contributed by atoms with E-state index in [4.69, 9.17) is 14.2 Å². The first-order chi connectivity index (χ1) is 22.0. The Labute approximate surface area is 265 Å². The van der Waals surface area contributed by atoms with E-state index in [1.165, 1.54) is 25.3 Å². The number of benzene rings is 2. The Morgan fingerprint density at radius 2 is 1.83 bits per heavy atom. The Balaban J connectivity index is 1.40. The first-order valence-electron chi connectivity index (χ1n) is 15.5. The summed E-state index contributed by atoms with van der Waals surface area (Å²) < 4.78 is 17.5. The van der Waals surface area contributed by atoms with Crippen molar-refractivity contribution in [2.45, 2.75) is 81.7 Å². The van der Waals surface area contributed by atoms with Crippen LogP contribution in [0.1, 0.15) is 88.1 Å². The minimum absolute atomic E-state index is 0.0453. The number of hydrogen-bond donors (Lipinski definition) is 5. The van der Waals surface area contributed by atoms with Crippen LogP contribution in [0.25, 0.3) is 0 Å². The predicted molar refractivity (Wildman–Crippen MR) is 161 cm³/mol. The van der Waals surface area contributed by atoms with Crippen LogP contribution in [-0.4, -0.2) is 111 Å². The van der Waals surface area contributed by atoms with Crippen molar-refractivity contribution in [3.8, 4) is 17.2 Å². The molecule has 2 fully saturated rings. The molecule has 5 N–H and O–H groups in total. The molecule has 4 aliphatic rings. The molecule has 13 heteroatoms. The fourth-order valence-electron chi connectivity index (χ4n) is 7.05. The van der Waals surface area contributed by atoms with E-state index in [0.29, 0.717) is 0 Å². The molecule has 246 valence electrons. The van der Waals surface area contributed by atoms with Crippen LogP contribution in [0.15, 0.2) is 23.2 Å². The van der Waals surface area contributed by atoms with Gasteiger partial charge >= 0.3 is 0 Å². The molecule has 13 nitrogen and oxygen atoms in total. The summed E-state index contributed by atoms with van der Waals surface area (Å²) in [6.07, 6.45) is -0.0562. The monoisotopic (exact) mass is 638 g/mol. The number of fused-ring (bicyclic) bond motifs is 3.